The lowest BCUT2D eigenvalue weighted by atomic mass is 10.2. The highest BCUT2D eigenvalue weighted by Crippen LogP contribution is 2.18. The van der Waals surface area contributed by atoms with E-state index in [2.05, 4.69) is 0 Å². The SMILES string of the molecule is NC(Cc1ccc(COc2ccc(Cl)cc2)o1)C(=O)O. The number of nitrogens with two attached hydrogens (primary N) is 1. The first-order chi connectivity index (χ1) is 9.54. The molecule has 1 aromatic carbocycles. The number of halogens is 1. The Bertz CT molecular complexity index is 579. The number of ether oxygens (including phenoxy) is 1. The molecule has 0 radical (unpaired) electrons. The van der Waals surface area contributed by atoms with Crippen LogP contribution in [0.3, 0.4) is 0 Å². The van der Waals surface area contributed by atoms with Crippen molar-refractivity contribution in [3.8, 4) is 5.75 Å². The van der Waals surface area contributed by atoms with Gasteiger partial charge in [-0.05, 0) is 36.4 Å². The Labute approximate surface area is 120 Å². The van der Waals surface area contributed by atoms with Crippen LogP contribution in [-0.4, -0.2) is 17.1 Å². The minimum Gasteiger partial charge on any atom is -0.486 e. The molecule has 1 heterocycles. The second-order valence-electron chi connectivity index (χ2n) is 4.26. The van der Waals surface area contributed by atoms with Gasteiger partial charge >= 0.3 is 5.97 Å². The Morgan fingerprint density at radius 3 is 2.55 bits per heavy atom. The van der Waals surface area contributed by atoms with E-state index in [9.17, 15) is 4.79 Å². The summed E-state index contributed by atoms with van der Waals surface area (Å²) in [6, 6.07) is 9.45. The summed E-state index contributed by atoms with van der Waals surface area (Å²) in [7, 11) is 0. The summed E-state index contributed by atoms with van der Waals surface area (Å²) >= 11 is 5.77. The highest BCUT2D eigenvalue weighted by molar-refractivity contribution is 6.30. The van der Waals surface area contributed by atoms with E-state index in [1.165, 1.54) is 0 Å². The molecule has 20 heavy (non-hydrogen) atoms. The smallest absolute Gasteiger partial charge is 0.320 e. The first-order valence-corrected chi connectivity index (χ1v) is 6.37. The maximum Gasteiger partial charge on any atom is 0.320 e. The van der Waals surface area contributed by atoms with Crippen LogP contribution in [-0.2, 0) is 17.8 Å². The van der Waals surface area contributed by atoms with E-state index < -0.39 is 12.0 Å². The summed E-state index contributed by atoms with van der Waals surface area (Å²) in [5.41, 5.74) is 5.43. The summed E-state index contributed by atoms with van der Waals surface area (Å²) in [5.74, 6) is 0.747. The Kier molecular flexibility index (Phi) is 4.65. The summed E-state index contributed by atoms with van der Waals surface area (Å²) in [6.07, 6.45) is 0.149. The third kappa shape index (κ3) is 4.01. The Morgan fingerprint density at radius 1 is 1.25 bits per heavy atom. The molecule has 106 valence electrons. The predicted octanol–water partition coefficient (Wildman–Crippen LogP) is 2.47. The van der Waals surface area contributed by atoms with Gasteiger partial charge in [0.05, 0.1) is 0 Å². The van der Waals surface area contributed by atoms with Gasteiger partial charge in [-0.1, -0.05) is 11.6 Å². The van der Waals surface area contributed by atoms with Gasteiger partial charge in [-0.25, -0.2) is 0 Å². The molecular formula is C14H14ClNO4. The van der Waals surface area contributed by atoms with Crippen LogP contribution < -0.4 is 10.5 Å². The number of hydrogen-bond acceptors (Lipinski definition) is 4. The molecule has 0 saturated carbocycles. The largest absolute Gasteiger partial charge is 0.486 e. The fourth-order valence-electron chi connectivity index (χ4n) is 1.60. The number of aliphatic carboxylic acids is 1. The molecule has 2 aromatic rings. The van der Waals surface area contributed by atoms with E-state index in [4.69, 9.17) is 31.6 Å². The Balaban J connectivity index is 1.89. The van der Waals surface area contributed by atoms with Crippen LogP contribution in [0.5, 0.6) is 5.75 Å². The van der Waals surface area contributed by atoms with Gasteiger partial charge in [0.15, 0.2) is 0 Å². The first-order valence-electron chi connectivity index (χ1n) is 5.99. The lowest BCUT2D eigenvalue weighted by Crippen LogP contribution is -2.32. The zero-order chi connectivity index (χ0) is 14.5. The highest BCUT2D eigenvalue weighted by Gasteiger charge is 2.14. The van der Waals surface area contributed by atoms with Crippen molar-refractivity contribution >= 4 is 17.6 Å². The molecule has 6 heteroatoms. The Morgan fingerprint density at radius 2 is 1.90 bits per heavy atom. The van der Waals surface area contributed by atoms with E-state index in [1.54, 1.807) is 36.4 Å². The molecule has 3 N–H and O–H groups in total. The summed E-state index contributed by atoms with van der Waals surface area (Å²) in [6.45, 7) is 0.254. The zero-order valence-electron chi connectivity index (χ0n) is 10.6. The maximum atomic E-state index is 10.6. The van der Waals surface area contributed by atoms with E-state index >= 15 is 0 Å². The zero-order valence-corrected chi connectivity index (χ0v) is 11.3. The molecule has 1 aromatic heterocycles. The number of hydrogen-bond donors (Lipinski definition) is 2. The molecule has 0 aliphatic carbocycles. The van der Waals surface area contributed by atoms with Crippen molar-refractivity contribution in [3.05, 3.63) is 52.9 Å². The first kappa shape index (κ1) is 14.4. The van der Waals surface area contributed by atoms with Crippen molar-refractivity contribution in [2.24, 2.45) is 5.73 Å². The molecule has 0 amide bonds. The van der Waals surface area contributed by atoms with Gasteiger partial charge in [-0.15, -0.1) is 0 Å². The van der Waals surface area contributed by atoms with Crippen molar-refractivity contribution in [1.29, 1.82) is 0 Å². The molecule has 0 bridgehead atoms. The number of benzene rings is 1. The molecule has 0 aliphatic heterocycles. The molecule has 0 saturated heterocycles. The normalized spacial score (nSPS) is 12.1. The van der Waals surface area contributed by atoms with E-state index in [0.717, 1.165) is 0 Å². The van der Waals surface area contributed by atoms with Crippen LogP contribution in [0, 0.1) is 0 Å². The molecule has 0 aliphatic rings. The van der Waals surface area contributed by atoms with E-state index in [0.29, 0.717) is 22.3 Å². The minimum absolute atomic E-state index is 0.149. The second-order valence-corrected chi connectivity index (χ2v) is 4.70. The quantitative estimate of drug-likeness (QED) is 0.855. The fraction of sp³-hybridized carbons (Fsp3) is 0.214. The number of furan rings is 1. The molecule has 1 atom stereocenters. The van der Waals surface area contributed by atoms with Gasteiger partial charge in [0, 0.05) is 11.4 Å². The van der Waals surface area contributed by atoms with Gasteiger partial charge in [0.25, 0.3) is 0 Å². The average Bonchev–Trinajstić information content (AvgIpc) is 2.85. The predicted molar refractivity (Wildman–Crippen MR) is 73.8 cm³/mol. The molecule has 5 nitrogen and oxygen atoms in total. The van der Waals surface area contributed by atoms with Gasteiger partial charge in [0.1, 0.15) is 29.9 Å². The molecule has 0 spiro atoms. The van der Waals surface area contributed by atoms with Gasteiger partial charge in [-0.3, -0.25) is 4.79 Å². The van der Waals surface area contributed by atoms with Crippen molar-refractivity contribution in [3.63, 3.8) is 0 Å². The average molecular weight is 296 g/mol. The van der Waals surface area contributed by atoms with Crippen LogP contribution in [0.4, 0.5) is 0 Å². The Hall–Kier alpha value is -1.98. The molecule has 0 fully saturated rings. The van der Waals surface area contributed by atoms with Crippen LogP contribution >= 0.6 is 11.6 Å². The maximum absolute atomic E-state index is 10.6. The van der Waals surface area contributed by atoms with Crippen LogP contribution in [0.25, 0.3) is 0 Å². The van der Waals surface area contributed by atoms with Crippen molar-refractivity contribution in [2.75, 3.05) is 0 Å². The lowest BCUT2D eigenvalue weighted by molar-refractivity contribution is -0.138. The molecule has 1 unspecified atom stereocenters. The van der Waals surface area contributed by atoms with Crippen molar-refractivity contribution in [1.82, 2.24) is 0 Å². The number of carbonyl (C=O) groups is 1. The second kappa shape index (κ2) is 6.45. The topological polar surface area (TPSA) is 85.7 Å². The standard InChI is InChI=1S/C14H14ClNO4/c15-9-1-3-10(4-2-9)19-8-12-6-5-11(20-12)7-13(16)14(17)18/h1-6,13H,7-8,16H2,(H,17,18). The lowest BCUT2D eigenvalue weighted by Gasteiger charge is -2.05. The summed E-state index contributed by atoms with van der Waals surface area (Å²) in [5, 5.41) is 9.36. The van der Waals surface area contributed by atoms with Crippen molar-refractivity contribution in [2.45, 2.75) is 19.1 Å². The van der Waals surface area contributed by atoms with Crippen LogP contribution in [0.15, 0.2) is 40.8 Å². The third-order valence-electron chi connectivity index (χ3n) is 2.65. The summed E-state index contributed by atoms with van der Waals surface area (Å²) < 4.78 is 11.0. The van der Waals surface area contributed by atoms with E-state index in [-0.39, 0.29) is 13.0 Å². The van der Waals surface area contributed by atoms with Gasteiger partial charge < -0.3 is 20.0 Å². The molecular weight excluding hydrogens is 282 g/mol. The fourth-order valence-corrected chi connectivity index (χ4v) is 1.72. The van der Waals surface area contributed by atoms with Crippen molar-refractivity contribution < 1.29 is 19.1 Å². The van der Waals surface area contributed by atoms with Gasteiger partial charge in [-0.2, -0.15) is 0 Å². The van der Waals surface area contributed by atoms with Crippen LogP contribution in [0.1, 0.15) is 11.5 Å². The molecule has 2 rings (SSSR count). The number of carboxylic acids is 1. The summed E-state index contributed by atoms with van der Waals surface area (Å²) in [4.78, 5) is 10.6. The number of carboxylic acid groups (broad SMARTS) is 1. The number of rotatable bonds is 6. The minimum atomic E-state index is -1.06. The monoisotopic (exact) mass is 295 g/mol. The van der Waals surface area contributed by atoms with Gasteiger partial charge in [0.2, 0.25) is 0 Å². The third-order valence-corrected chi connectivity index (χ3v) is 2.90. The van der Waals surface area contributed by atoms with E-state index in [1.807, 2.05) is 0 Å². The highest BCUT2D eigenvalue weighted by atomic mass is 35.5. The van der Waals surface area contributed by atoms with Crippen LogP contribution in [0.2, 0.25) is 5.02 Å².